The van der Waals surface area contributed by atoms with Gasteiger partial charge in [-0.05, 0) is 41.9 Å². The first kappa shape index (κ1) is 15.7. The van der Waals surface area contributed by atoms with Crippen LogP contribution in [0.2, 0.25) is 5.02 Å². The van der Waals surface area contributed by atoms with Gasteiger partial charge in [0.05, 0.1) is 5.02 Å². The van der Waals surface area contributed by atoms with E-state index >= 15 is 0 Å². The van der Waals surface area contributed by atoms with E-state index < -0.39 is 11.6 Å². The van der Waals surface area contributed by atoms with Crippen LogP contribution in [0.5, 0.6) is 5.75 Å². The lowest BCUT2D eigenvalue weighted by molar-refractivity contribution is 0.305. The van der Waals surface area contributed by atoms with Gasteiger partial charge in [0.1, 0.15) is 12.4 Å². The molecule has 0 aliphatic carbocycles. The van der Waals surface area contributed by atoms with Gasteiger partial charge < -0.3 is 10.1 Å². The highest BCUT2D eigenvalue weighted by atomic mass is 35.5. The zero-order chi connectivity index (χ0) is 15.2. The molecule has 0 saturated carbocycles. The topological polar surface area (TPSA) is 21.3 Å². The maximum atomic E-state index is 13.1. The Bertz CT molecular complexity index is 619. The van der Waals surface area contributed by atoms with E-state index in [0.717, 1.165) is 30.8 Å². The molecule has 0 atom stereocenters. The summed E-state index contributed by atoms with van der Waals surface area (Å²) in [6.45, 7) is 3.77. The van der Waals surface area contributed by atoms with Gasteiger partial charge in [-0.25, -0.2) is 8.78 Å². The van der Waals surface area contributed by atoms with Crippen LogP contribution in [-0.2, 0) is 13.2 Å². The number of halogens is 3. The van der Waals surface area contributed by atoms with E-state index in [1.54, 1.807) is 6.07 Å². The molecule has 0 aliphatic rings. The Morgan fingerprint density at radius 3 is 2.48 bits per heavy atom. The number of ether oxygens (including phenoxy) is 1. The number of hydrogen-bond donors (Lipinski definition) is 1. The van der Waals surface area contributed by atoms with Gasteiger partial charge in [0.2, 0.25) is 0 Å². The molecule has 2 nitrogen and oxygen atoms in total. The summed E-state index contributed by atoms with van der Waals surface area (Å²) in [4.78, 5) is 0. The van der Waals surface area contributed by atoms with Crippen LogP contribution in [0.3, 0.4) is 0 Å². The summed E-state index contributed by atoms with van der Waals surface area (Å²) in [7, 11) is 0. The monoisotopic (exact) mass is 311 g/mol. The zero-order valence-corrected chi connectivity index (χ0v) is 12.4. The van der Waals surface area contributed by atoms with Crippen molar-refractivity contribution in [3.63, 3.8) is 0 Å². The zero-order valence-electron chi connectivity index (χ0n) is 11.6. The Morgan fingerprint density at radius 2 is 1.81 bits per heavy atom. The van der Waals surface area contributed by atoms with Crippen LogP contribution in [0.15, 0.2) is 36.4 Å². The molecule has 0 heterocycles. The smallest absolute Gasteiger partial charge is 0.159 e. The number of nitrogens with one attached hydrogen (secondary N) is 1. The maximum absolute atomic E-state index is 13.1. The maximum Gasteiger partial charge on any atom is 0.159 e. The minimum atomic E-state index is -0.886. The molecule has 0 aromatic heterocycles. The van der Waals surface area contributed by atoms with E-state index in [1.165, 1.54) is 6.07 Å². The molecule has 0 spiro atoms. The minimum Gasteiger partial charge on any atom is -0.487 e. The molecule has 0 saturated heterocycles. The van der Waals surface area contributed by atoms with Crippen molar-refractivity contribution in [1.29, 1.82) is 0 Å². The second-order valence-electron chi connectivity index (χ2n) is 4.58. The summed E-state index contributed by atoms with van der Waals surface area (Å²) in [5.41, 5.74) is 1.60. The summed E-state index contributed by atoms with van der Waals surface area (Å²) in [6.07, 6.45) is 0. The Kier molecular flexibility index (Phi) is 5.53. The highest BCUT2D eigenvalue weighted by Gasteiger charge is 2.06. The lowest BCUT2D eigenvalue weighted by atomic mass is 10.2. The molecule has 0 unspecified atom stereocenters. The average Bonchev–Trinajstić information content (AvgIpc) is 2.47. The fraction of sp³-hybridized carbons (Fsp3) is 0.250. The van der Waals surface area contributed by atoms with Crippen LogP contribution in [0.25, 0.3) is 0 Å². The average molecular weight is 312 g/mol. The summed E-state index contributed by atoms with van der Waals surface area (Å²) >= 11 is 6.14. The van der Waals surface area contributed by atoms with E-state index in [9.17, 15) is 8.78 Å². The number of benzene rings is 2. The summed E-state index contributed by atoms with van der Waals surface area (Å²) < 4.78 is 31.5. The molecule has 2 aromatic carbocycles. The van der Waals surface area contributed by atoms with Crippen molar-refractivity contribution in [2.24, 2.45) is 0 Å². The van der Waals surface area contributed by atoms with Gasteiger partial charge in [0.15, 0.2) is 11.6 Å². The molecule has 0 fully saturated rings. The molecule has 2 rings (SSSR count). The van der Waals surface area contributed by atoms with E-state index in [-0.39, 0.29) is 6.61 Å². The standard InChI is InChI=1S/C16H16ClF2NO/c1-2-20-9-11-4-6-16(13(17)7-11)21-10-12-3-5-14(18)15(19)8-12/h3-8,20H,2,9-10H2,1H3. The van der Waals surface area contributed by atoms with Gasteiger partial charge in [0.25, 0.3) is 0 Å². The minimum absolute atomic E-state index is 0.128. The van der Waals surface area contributed by atoms with Crippen molar-refractivity contribution in [2.45, 2.75) is 20.1 Å². The molecule has 0 radical (unpaired) electrons. The van der Waals surface area contributed by atoms with Crippen molar-refractivity contribution in [3.8, 4) is 5.75 Å². The van der Waals surface area contributed by atoms with Crippen molar-refractivity contribution in [2.75, 3.05) is 6.54 Å². The van der Waals surface area contributed by atoms with Gasteiger partial charge in [-0.15, -0.1) is 0 Å². The lowest BCUT2D eigenvalue weighted by Gasteiger charge is -2.10. The first-order chi connectivity index (χ1) is 10.1. The molecule has 2 aromatic rings. The third-order valence-electron chi connectivity index (χ3n) is 2.95. The quantitative estimate of drug-likeness (QED) is 0.858. The van der Waals surface area contributed by atoms with Crippen LogP contribution in [0.4, 0.5) is 8.78 Å². The van der Waals surface area contributed by atoms with E-state index in [2.05, 4.69) is 5.32 Å². The molecule has 21 heavy (non-hydrogen) atoms. The van der Waals surface area contributed by atoms with E-state index in [4.69, 9.17) is 16.3 Å². The van der Waals surface area contributed by atoms with Gasteiger partial charge in [-0.2, -0.15) is 0 Å². The predicted molar refractivity (Wildman–Crippen MR) is 79.5 cm³/mol. The van der Waals surface area contributed by atoms with Crippen molar-refractivity contribution in [1.82, 2.24) is 5.32 Å². The molecule has 112 valence electrons. The van der Waals surface area contributed by atoms with Crippen LogP contribution in [0, 0.1) is 11.6 Å². The summed E-state index contributed by atoms with van der Waals surface area (Å²) in [5, 5.41) is 3.70. The SMILES string of the molecule is CCNCc1ccc(OCc2ccc(F)c(F)c2)c(Cl)c1. The van der Waals surface area contributed by atoms with E-state index in [0.29, 0.717) is 16.3 Å². The molecular formula is C16H16ClF2NO. The largest absolute Gasteiger partial charge is 0.487 e. The Labute approximate surface area is 127 Å². The molecule has 1 N–H and O–H groups in total. The fourth-order valence-electron chi connectivity index (χ4n) is 1.83. The van der Waals surface area contributed by atoms with Crippen LogP contribution >= 0.6 is 11.6 Å². The Morgan fingerprint density at radius 1 is 1.05 bits per heavy atom. The Hall–Kier alpha value is -1.65. The van der Waals surface area contributed by atoms with Crippen LogP contribution in [0.1, 0.15) is 18.1 Å². The van der Waals surface area contributed by atoms with E-state index in [1.807, 2.05) is 19.1 Å². The lowest BCUT2D eigenvalue weighted by Crippen LogP contribution is -2.11. The third-order valence-corrected chi connectivity index (χ3v) is 3.25. The second-order valence-corrected chi connectivity index (χ2v) is 4.99. The third kappa shape index (κ3) is 4.41. The highest BCUT2D eigenvalue weighted by molar-refractivity contribution is 6.32. The Balaban J connectivity index is 2.01. The summed E-state index contributed by atoms with van der Waals surface area (Å²) in [5.74, 6) is -1.24. The van der Waals surface area contributed by atoms with Gasteiger partial charge in [-0.1, -0.05) is 30.7 Å². The van der Waals surface area contributed by atoms with Crippen LogP contribution in [-0.4, -0.2) is 6.54 Å². The molecule has 0 bridgehead atoms. The molecule has 5 heteroatoms. The van der Waals surface area contributed by atoms with Crippen molar-refractivity contribution < 1.29 is 13.5 Å². The van der Waals surface area contributed by atoms with Gasteiger partial charge >= 0.3 is 0 Å². The van der Waals surface area contributed by atoms with Gasteiger partial charge in [-0.3, -0.25) is 0 Å². The first-order valence-electron chi connectivity index (χ1n) is 6.66. The normalized spacial score (nSPS) is 10.7. The molecular weight excluding hydrogens is 296 g/mol. The molecule has 0 amide bonds. The first-order valence-corrected chi connectivity index (χ1v) is 7.04. The van der Waals surface area contributed by atoms with Crippen molar-refractivity contribution in [3.05, 3.63) is 64.2 Å². The molecule has 0 aliphatic heterocycles. The number of rotatable bonds is 6. The second kappa shape index (κ2) is 7.38. The van der Waals surface area contributed by atoms with Crippen LogP contribution < -0.4 is 10.1 Å². The van der Waals surface area contributed by atoms with Crippen molar-refractivity contribution >= 4 is 11.6 Å². The predicted octanol–water partition coefficient (Wildman–Crippen LogP) is 4.31. The highest BCUT2D eigenvalue weighted by Crippen LogP contribution is 2.26. The fourth-order valence-corrected chi connectivity index (χ4v) is 2.09. The van der Waals surface area contributed by atoms with Gasteiger partial charge in [0, 0.05) is 6.54 Å². The number of hydrogen-bond acceptors (Lipinski definition) is 2. The summed E-state index contributed by atoms with van der Waals surface area (Å²) in [6, 6.07) is 9.18.